The first-order chi connectivity index (χ1) is 16.7. The Hall–Kier alpha value is -3.40. The minimum atomic E-state index is -5.16. The van der Waals surface area contributed by atoms with E-state index in [4.69, 9.17) is 0 Å². The van der Waals surface area contributed by atoms with E-state index in [1.165, 1.54) is 7.05 Å². The van der Waals surface area contributed by atoms with Crippen molar-refractivity contribution >= 4 is 23.5 Å². The van der Waals surface area contributed by atoms with Crippen molar-refractivity contribution in [3.8, 4) is 0 Å². The normalized spacial score (nSPS) is 14.9. The maximum atomic E-state index is 13.4. The number of nitrogens with one attached hydrogen (secondary N) is 2. The van der Waals surface area contributed by atoms with E-state index in [-0.39, 0.29) is 18.9 Å². The van der Waals surface area contributed by atoms with Crippen molar-refractivity contribution in [1.29, 1.82) is 0 Å². The van der Waals surface area contributed by atoms with Gasteiger partial charge in [0.1, 0.15) is 13.6 Å². The minimum Gasteiger partial charge on any atom is -0.857 e. The highest BCUT2D eigenvalue weighted by molar-refractivity contribution is 5.89. The molecule has 2 aromatic carbocycles. The first-order valence-electron chi connectivity index (χ1n) is 11.7. The van der Waals surface area contributed by atoms with Gasteiger partial charge in [-0.25, -0.2) is 4.79 Å². The van der Waals surface area contributed by atoms with Crippen LogP contribution in [-0.4, -0.2) is 41.7 Å². The van der Waals surface area contributed by atoms with Crippen LogP contribution in [0, 0.1) is 5.92 Å². The first kappa shape index (κ1) is 28.8. The van der Waals surface area contributed by atoms with Gasteiger partial charge in [0.15, 0.2) is 0 Å². The molecule has 0 saturated carbocycles. The van der Waals surface area contributed by atoms with E-state index < -0.39 is 34.6 Å². The van der Waals surface area contributed by atoms with Crippen LogP contribution in [-0.2, 0) is 11.3 Å². The van der Waals surface area contributed by atoms with E-state index in [0.717, 1.165) is 5.56 Å². The van der Waals surface area contributed by atoms with Crippen molar-refractivity contribution in [3.05, 3.63) is 65.7 Å². The van der Waals surface area contributed by atoms with E-state index in [9.17, 15) is 27.9 Å². The van der Waals surface area contributed by atoms with Gasteiger partial charge < -0.3 is 10.4 Å². The molecule has 7 nitrogen and oxygen atoms in total. The molecule has 0 spiro atoms. The van der Waals surface area contributed by atoms with E-state index in [1.54, 1.807) is 61.6 Å². The summed E-state index contributed by atoms with van der Waals surface area (Å²) < 4.78 is 37.8. The number of hydrogen-bond acceptors (Lipinski definition) is 4. The fraction of sp³-hybridized carbons (Fsp3) is 0.423. The fourth-order valence-corrected chi connectivity index (χ4v) is 3.51. The minimum absolute atomic E-state index is 0.0376. The van der Waals surface area contributed by atoms with Gasteiger partial charge in [-0.05, 0) is 36.0 Å². The SMILES string of the molecule is CC(C)C[C@H](NC(=O)C(F)(F)F)/C([O-])=N/[N+](C)(Cc1ccccc1)C(=O)Nc1ccc(C(C)C)cc1. The maximum absolute atomic E-state index is 13.4. The lowest BCUT2D eigenvalue weighted by Crippen LogP contribution is -2.54. The summed E-state index contributed by atoms with van der Waals surface area (Å²) in [7, 11) is 1.39. The van der Waals surface area contributed by atoms with Crippen molar-refractivity contribution in [2.75, 3.05) is 12.4 Å². The predicted octanol–water partition coefficient (Wildman–Crippen LogP) is 4.76. The zero-order valence-corrected chi connectivity index (χ0v) is 21.1. The third-order valence-electron chi connectivity index (χ3n) is 5.49. The van der Waals surface area contributed by atoms with Crippen LogP contribution in [0.5, 0.6) is 0 Å². The zero-order chi connectivity index (χ0) is 27.1. The second-order valence-corrected chi connectivity index (χ2v) is 9.58. The number of nitrogens with zero attached hydrogens (tertiary/aromatic N) is 2. The molecule has 196 valence electrons. The Balaban J connectivity index is 2.42. The van der Waals surface area contributed by atoms with Gasteiger partial charge in [-0.2, -0.15) is 13.2 Å². The number of benzene rings is 2. The molecule has 0 aromatic heterocycles. The molecular weight excluding hydrogens is 473 g/mol. The van der Waals surface area contributed by atoms with Crippen molar-refractivity contribution in [1.82, 2.24) is 5.32 Å². The molecule has 0 bridgehead atoms. The molecule has 0 saturated heterocycles. The van der Waals surface area contributed by atoms with Gasteiger partial charge in [0.25, 0.3) is 0 Å². The summed E-state index contributed by atoms with van der Waals surface area (Å²) in [6.07, 6.45) is -5.23. The van der Waals surface area contributed by atoms with Crippen molar-refractivity contribution in [2.24, 2.45) is 11.0 Å². The van der Waals surface area contributed by atoms with Crippen LogP contribution < -0.4 is 15.7 Å². The van der Waals surface area contributed by atoms with Crippen LogP contribution in [0.25, 0.3) is 0 Å². The Morgan fingerprint density at radius 2 is 1.58 bits per heavy atom. The largest absolute Gasteiger partial charge is 0.857 e. The Morgan fingerprint density at radius 1 is 1.00 bits per heavy atom. The standard InChI is InChI=1S/C26H33F3N4O3/c1-17(2)15-22(31-24(35)26(27,28)29)23(34)32-33(5,16-19-9-7-6-8-10-19)25(36)30-21-13-11-20(12-14-21)18(3)4/h6-14,17-18,22H,15-16H2,1-5H3,(H2-,30,31,32,34,35,36)/t22-,33?/m0/s1. The summed E-state index contributed by atoms with van der Waals surface area (Å²) in [4.78, 5) is 24.9. The summed E-state index contributed by atoms with van der Waals surface area (Å²) in [6, 6.07) is 13.8. The average Bonchev–Trinajstić information content (AvgIpc) is 2.78. The molecule has 0 aliphatic carbocycles. The number of amides is 3. The Labute approximate surface area is 209 Å². The number of quaternary nitrogens is 1. The quantitative estimate of drug-likeness (QED) is 0.222. The Bertz CT molecular complexity index is 1050. The molecule has 2 aromatic rings. The van der Waals surface area contributed by atoms with Gasteiger partial charge in [-0.3, -0.25) is 10.1 Å². The van der Waals surface area contributed by atoms with E-state index in [0.29, 0.717) is 17.2 Å². The molecule has 3 amide bonds. The number of halogens is 3. The zero-order valence-electron chi connectivity index (χ0n) is 21.1. The average molecular weight is 507 g/mol. The molecule has 0 aliphatic heterocycles. The fourth-order valence-electron chi connectivity index (χ4n) is 3.51. The summed E-state index contributed by atoms with van der Waals surface area (Å²) in [6.45, 7) is 7.44. The molecule has 36 heavy (non-hydrogen) atoms. The van der Waals surface area contributed by atoms with Crippen molar-refractivity contribution in [2.45, 2.75) is 58.8 Å². The highest BCUT2D eigenvalue weighted by Crippen LogP contribution is 2.21. The number of urea groups is 1. The van der Waals surface area contributed by atoms with E-state index in [1.807, 2.05) is 26.0 Å². The van der Waals surface area contributed by atoms with E-state index in [2.05, 4.69) is 10.4 Å². The van der Waals surface area contributed by atoms with E-state index >= 15 is 0 Å². The molecule has 2 rings (SSSR count). The second-order valence-electron chi connectivity index (χ2n) is 9.58. The van der Waals surface area contributed by atoms with Crippen LogP contribution in [0.15, 0.2) is 59.7 Å². The second kappa shape index (κ2) is 12.0. The predicted molar refractivity (Wildman–Crippen MR) is 131 cm³/mol. The smallest absolute Gasteiger partial charge is 0.471 e. The van der Waals surface area contributed by atoms with Gasteiger partial charge in [0, 0.05) is 17.1 Å². The number of hydrogen-bond donors (Lipinski definition) is 2. The van der Waals surface area contributed by atoms with Crippen LogP contribution in [0.4, 0.5) is 23.7 Å². The highest BCUT2D eigenvalue weighted by atomic mass is 19.4. The third kappa shape index (κ3) is 8.37. The number of alkyl halides is 3. The number of carbonyl (C=O) groups excluding carboxylic acids is 2. The van der Waals surface area contributed by atoms with Gasteiger partial charge in [0.2, 0.25) is 0 Å². The van der Waals surface area contributed by atoms with Gasteiger partial charge in [-0.15, -0.1) is 4.59 Å². The summed E-state index contributed by atoms with van der Waals surface area (Å²) in [5.41, 5.74) is 2.24. The first-order valence-corrected chi connectivity index (χ1v) is 11.7. The molecule has 0 radical (unpaired) electrons. The molecular formula is C26H33F3N4O3. The Morgan fingerprint density at radius 3 is 2.08 bits per heavy atom. The van der Waals surface area contributed by atoms with Crippen molar-refractivity contribution < 1.29 is 32.5 Å². The lowest BCUT2D eigenvalue weighted by Gasteiger charge is -2.31. The van der Waals surface area contributed by atoms with Gasteiger partial charge in [-0.1, -0.05) is 75.3 Å². The molecule has 0 heterocycles. The third-order valence-corrected chi connectivity index (χ3v) is 5.49. The van der Waals surface area contributed by atoms with Crippen molar-refractivity contribution in [3.63, 3.8) is 0 Å². The molecule has 0 fully saturated rings. The lowest BCUT2D eigenvalue weighted by molar-refractivity contribution is -0.849. The summed E-state index contributed by atoms with van der Waals surface area (Å²) in [5.74, 6) is -3.18. The van der Waals surface area contributed by atoms with Gasteiger partial charge in [0.05, 0.1) is 6.04 Å². The molecule has 2 atom stereocenters. The van der Waals surface area contributed by atoms with Crippen LogP contribution in [0.1, 0.15) is 51.2 Å². The Kier molecular flexibility index (Phi) is 9.63. The topological polar surface area (TPSA) is 93.6 Å². The molecule has 2 N–H and O–H groups in total. The van der Waals surface area contributed by atoms with Crippen LogP contribution in [0.3, 0.4) is 0 Å². The molecule has 10 heteroatoms. The summed E-state index contributed by atoms with van der Waals surface area (Å²) >= 11 is 0. The lowest BCUT2D eigenvalue weighted by atomic mass is 10.0. The van der Waals surface area contributed by atoms with Crippen LogP contribution >= 0.6 is 0 Å². The summed E-state index contributed by atoms with van der Waals surface area (Å²) in [5, 5.41) is 21.6. The monoisotopic (exact) mass is 506 g/mol. The molecule has 1 unspecified atom stereocenters. The highest BCUT2D eigenvalue weighted by Gasteiger charge is 2.40. The van der Waals surface area contributed by atoms with Gasteiger partial charge >= 0.3 is 18.1 Å². The number of carbonyl (C=O) groups is 2. The number of anilines is 1. The maximum Gasteiger partial charge on any atom is 0.471 e. The van der Waals surface area contributed by atoms with Crippen LogP contribution in [0.2, 0.25) is 0 Å². The number of rotatable bonds is 9. The molecule has 0 aliphatic rings.